The molecule has 0 saturated heterocycles. The fraction of sp³-hybridized carbons (Fsp3) is 0.583. The molecule has 1 N–H and O–H groups in total. The van der Waals surface area contributed by atoms with Gasteiger partial charge in [-0.1, -0.05) is 6.92 Å². The van der Waals surface area contributed by atoms with Gasteiger partial charge in [-0.15, -0.1) is 0 Å². The van der Waals surface area contributed by atoms with Crippen LogP contribution in [0.4, 0.5) is 5.82 Å². The maximum atomic E-state index is 10.8. The first-order chi connectivity index (χ1) is 9.17. The van der Waals surface area contributed by atoms with Crippen molar-refractivity contribution in [3.8, 4) is 5.88 Å². The lowest BCUT2D eigenvalue weighted by Crippen LogP contribution is -2.33. The average molecular weight is 269 g/mol. The number of aromatic nitrogens is 2. The number of aliphatic carboxylic acids is 1. The van der Waals surface area contributed by atoms with Crippen molar-refractivity contribution in [2.45, 2.75) is 13.3 Å². The first kappa shape index (κ1) is 15.2. The molecular weight excluding hydrogens is 250 g/mol. The van der Waals surface area contributed by atoms with Crippen molar-refractivity contribution >= 4 is 11.8 Å². The van der Waals surface area contributed by atoms with Gasteiger partial charge >= 0.3 is 5.97 Å². The van der Waals surface area contributed by atoms with E-state index in [0.717, 1.165) is 6.42 Å². The molecule has 0 aromatic carbocycles. The molecule has 7 nitrogen and oxygen atoms in total. The van der Waals surface area contributed by atoms with Gasteiger partial charge in [0.2, 0.25) is 5.88 Å². The standard InChI is InChI=1S/C12H19N3O4/c1-3-5-19-11-8-13-7-10(14-11)15(4-6-18-2)9-12(16)17/h7-8H,3-6,9H2,1-2H3,(H,16,17). The zero-order valence-electron chi connectivity index (χ0n) is 11.2. The van der Waals surface area contributed by atoms with Gasteiger partial charge in [-0.2, -0.15) is 4.98 Å². The molecule has 0 spiro atoms. The molecule has 0 aliphatic carbocycles. The first-order valence-electron chi connectivity index (χ1n) is 6.08. The third-order valence-electron chi connectivity index (χ3n) is 2.27. The molecule has 0 radical (unpaired) electrons. The van der Waals surface area contributed by atoms with Crippen LogP contribution >= 0.6 is 0 Å². The van der Waals surface area contributed by atoms with Crippen LogP contribution in [0.2, 0.25) is 0 Å². The van der Waals surface area contributed by atoms with Crippen LogP contribution in [0.15, 0.2) is 12.4 Å². The summed E-state index contributed by atoms with van der Waals surface area (Å²) in [5, 5.41) is 8.89. The Bertz CT molecular complexity index is 400. The fourth-order valence-electron chi connectivity index (χ4n) is 1.41. The van der Waals surface area contributed by atoms with Gasteiger partial charge in [-0.05, 0) is 6.42 Å². The average Bonchev–Trinajstić information content (AvgIpc) is 2.41. The van der Waals surface area contributed by atoms with E-state index in [1.165, 1.54) is 12.4 Å². The Morgan fingerprint density at radius 3 is 2.84 bits per heavy atom. The number of hydrogen-bond donors (Lipinski definition) is 1. The molecule has 1 aromatic rings. The monoisotopic (exact) mass is 269 g/mol. The van der Waals surface area contributed by atoms with Crippen molar-refractivity contribution < 1.29 is 19.4 Å². The number of carboxylic acids is 1. The molecule has 0 saturated carbocycles. The zero-order valence-corrected chi connectivity index (χ0v) is 11.2. The zero-order chi connectivity index (χ0) is 14.1. The number of ether oxygens (including phenoxy) is 2. The minimum absolute atomic E-state index is 0.157. The van der Waals surface area contributed by atoms with Crippen LogP contribution in [0.5, 0.6) is 5.88 Å². The molecule has 1 aromatic heterocycles. The van der Waals surface area contributed by atoms with Gasteiger partial charge in [-0.25, -0.2) is 0 Å². The van der Waals surface area contributed by atoms with Gasteiger partial charge in [-0.3, -0.25) is 9.78 Å². The molecule has 0 atom stereocenters. The predicted octanol–water partition coefficient (Wildman–Crippen LogP) is 0.803. The smallest absolute Gasteiger partial charge is 0.323 e. The van der Waals surface area contributed by atoms with Crippen LogP contribution in [0, 0.1) is 0 Å². The summed E-state index contributed by atoms with van der Waals surface area (Å²) < 4.78 is 10.3. The number of methoxy groups -OCH3 is 1. The lowest BCUT2D eigenvalue weighted by atomic mass is 10.4. The number of hydrogen-bond acceptors (Lipinski definition) is 6. The summed E-state index contributed by atoms with van der Waals surface area (Å²) in [6, 6.07) is 0. The maximum Gasteiger partial charge on any atom is 0.323 e. The van der Waals surface area contributed by atoms with E-state index in [1.54, 1.807) is 12.0 Å². The summed E-state index contributed by atoms with van der Waals surface area (Å²) in [6.45, 7) is 3.22. The molecule has 0 amide bonds. The van der Waals surface area contributed by atoms with Gasteiger partial charge < -0.3 is 19.5 Å². The van der Waals surface area contributed by atoms with Crippen LogP contribution in [0.25, 0.3) is 0 Å². The van der Waals surface area contributed by atoms with Crippen molar-refractivity contribution in [3.63, 3.8) is 0 Å². The first-order valence-corrected chi connectivity index (χ1v) is 6.08. The molecule has 0 unspecified atom stereocenters. The second-order valence-electron chi connectivity index (χ2n) is 3.87. The highest BCUT2D eigenvalue weighted by Crippen LogP contribution is 2.13. The number of anilines is 1. The SMILES string of the molecule is CCCOc1cncc(N(CCOC)CC(=O)O)n1. The summed E-state index contributed by atoms with van der Waals surface area (Å²) in [4.78, 5) is 20.7. The Morgan fingerprint density at radius 1 is 1.42 bits per heavy atom. The van der Waals surface area contributed by atoms with E-state index >= 15 is 0 Å². The highest BCUT2D eigenvalue weighted by atomic mass is 16.5. The molecular formula is C12H19N3O4. The number of rotatable bonds is 9. The highest BCUT2D eigenvalue weighted by Gasteiger charge is 2.13. The van der Waals surface area contributed by atoms with Crippen LogP contribution in [0.1, 0.15) is 13.3 Å². The van der Waals surface area contributed by atoms with Crippen molar-refractivity contribution in [1.82, 2.24) is 9.97 Å². The molecule has 106 valence electrons. The molecule has 7 heteroatoms. The van der Waals surface area contributed by atoms with E-state index in [0.29, 0.717) is 31.5 Å². The molecule has 0 aliphatic rings. The van der Waals surface area contributed by atoms with Crippen molar-refractivity contribution in [2.75, 3.05) is 38.3 Å². The minimum atomic E-state index is -0.933. The third-order valence-corrected chi connectivity index (χ3v) is 2.27. The van der Waals surface area contributed by atoms with E-state index in [4.69, 9.17) is 14.6 Å². The van der Waals surface area contributed by atoms with E-state index in [-0.39, 0.29) is 6.54 Å². The summed E-state index contributed by atoms with van der Waals surface area (Å²) in [6.07, 6.45) is 3.89. The second kappa shape index (κ2) is 8.25. The van der Waals surface area contributed by atoms with Crippen molar-refractivity contribution in [2.24, 2.45) is 0 Å². The molecule has 0 aliphatic heterocycles. The maximum absolute atomic E-state index is 10.8. The molecule has 0 bridgehead atoms. The fourth-order valence-corrected chi connectivity index (χ4v) is 1.41. The number of carbonyl (C=O) groups is 1. The molecule has 0 fully saturated rings. The van der Waals surface area contributed by atoms with E-state index in [9.17, 15) is 4.79 Å². The van der Waals surface area contributed by atoms with Gasteiger partial charge in [0, 0.05) is 13.7 Å². The van der Waals surface area contributed by atoms with Crippen molar-refractivity contribution in [1.29, 1.82) is 0 Å². The lowest BCUT2D eigenvalue weighted by Gasteiger charge is -2.21. The molecule has 1 rings (SSSR count). The van der Waals surface area contributed by atoms with E-state index < -0.39 is 5.97 Å². The normalized spacial score (nSPS) is 10.2. The Labute approximate surface area is 112 Å². The van der Waals surface area contributed by atoms with Gasteiger partial charge in [0.15, 0.2) is 5.82 Å². The third kappa shape index (κ3) is 5.52. The Morgan fingerprint density at radius 2 is 2.21 bits per heavy atom. The molecule has 19 heavy (non-hydrogen) atoms. The second-order valence-corrected chi connectivity index (χ2v) is 3.87. The van der Waals surface area contributed by atoms with Crippen LogP contribution in [-0.4, -0.2) is 54.5 Å². The van der Waals surface area contributed by atoms with Crippen LogP contribution in [0.3, 0.4) is 0 Å². The molecule has 1 heterocycles. The Balaban J connectivity index is 2.78. The number of carboxylic acid groups (broad SMARTS) is 1. The summed E-state index contributed by atoms with van der Waals surface area (Å²) in [5.74, 6) is -0.0713. The highest BCUT2D eigenvalue weighted by molar-refractivity contribution is 5.73. The van der Waals surface area contributed by atoms with Gasteiger partial charge in [0.1, 0.15) is 6.54 Å². The summed E-state index contributed by atoms with van der Waals surface area (Å²) in [7, 11) is 1.56. The number of nitrogens with zero attached hydrogens (tertiary/aromatic N) is 3. The lowest BCUT2D eigenvalue weighted by molar-refractivity contribution is -0.135. The summed E-state index contributed by atoms with van der Waals surface area (Å²) >= 11 is 0. The van der Waals surface area contributed by atoms with Crippen LogP contribution < -0.4 is 9.64 Å². The topological polar surface area (TPSA) is 84.8 Å². The Kier molecular flexibility index (Phi) is 6.59. The quantitative estimate of drug-likeness (QED) is 0.709. The summed E-state index contributed by atoms with van der Waals surface area (Å²) in [5.41, 5.74) is 0. The van der Waals surface area contributed by atoms with E-state index in [2.05, 4.69) is 9.97 Å². The van der Waals surface area contributed by atoms with Crippen LogP contribution in [-0.2, 0) is 9.53 Å². The van der Waals surface area contributed by atoms with Gasteiger partial charge in [0.05, 0.1) is 25.6 Å². The Hall–Kier alpha value is -1.89. The van der Waals surface area contributed by atoms with Crippen molar-refractivity contribution in [3.05, 3.63) is 12.4 Å². The minimum Gasteiger partial charge on any atom is -0.480 e. The predicted molar refractivity (Wildman–Crippen MR) is 69.5 cm³/mol. The van der Waals surface area contributed by atoms with Gasteiger partial charge in [0.25, 0.3) is 0 Å². The van der Waals surface area contributed by atoms with E-state index in [1.807, 2.05) is 6.92 Å². The largest absolute Gasteiger partial charge is 0.480 e.